The molecule has 1 aliphatic rings. The zero-order valence-electron chi connectivity index (χ0n) is 13.9. The predicted molar refractivity (Wildman–Crippen MR) is 84.2 cm³/mol. The Bertz CT molecular complexity index is 552. The van der Waals surface area contributed by atoms with Crippen LogP contribution in [0.15, 0.2) is 30.3 Å². The van der Waals surface area contributed by atoms with Gasteiger partial charge in [-0.05, 0) is 32.9 Å². The average Bonchev–Trinajstić information content (AvgIpc) is 2.90. The Balaban J connectivity index is 2.09. The van der Waals surface area contributed by atoms with Gasteiger partial charge >= 0.3 is 12.1 Å². The molecule has 23 heavy (non-hydrogen) atoms. The van der Waals surface area contributed by atoms with E-state index < -0.39 is 23.7 Å². The summed E-state index contributed by atoms with van der Waals surface area (Å²) in [5.74, 6) is 0.238. The predicted octanol–water partition coefficient (Wildman–Crippen LogP) is 2.62. The fraction of sp³-hybridized carbons (Fsp3) is 0.529. The summed E-state index contributed by atoms with van der Waals surface area (Å²) in [5.41, 5.74) is -0.629. The normalized spacial score (nSPS) is 21.0. The molecule has 1 aromatic carbocycles. The van der Waals surface area contributed by atoms with Crippen molar-refractivity contribution in [3.8, 4) is 5.75 Å². The van der Waals surface area contributed by atoms with Gasteiger partial charge in [-0.15, -0.1) is 0 Å². The molecule has 1 heterocycles. The van der Waals surface area contributed by atoms with Crippen molar-refractivity contribution in [1.29, 1.82) is 0 Å². The molecule has 0 spiro atoms. The summed E-state index contributed by atoms with van der Waals surface area (Å²) in [6.45, 7) is 5.63. The van der Waals surface area contributed by atoms with E-state index in [1.807, 2.05) is 30.3 Å². The molecule has 1 amide bonds. The molecule has 0 aromatic heterocycles. The Morgan fingerprint density at radius 1 is 1.17 bits per heavy atom. The van der Waals surface area contributed by atoms with Crippen LogP contribution in [0.4, 0.5) is 4.79 Å². The van der Waals surface area contributed by atoms with Crippen molar-refractivity contribution >= 4 is 12.1 Å². The SMILES string of the molecule is COC(=O)C1CC(Oc2ccccc2)CN1C(=O)OC(C)(C)C. The molecule has 1 fully saturated rings. The number of benzene rings is 1. The fourth-order valence-corrected chi connectivity index (χ4v) is 2.46. The minimum Gasteiger partial charge on any atom is -0.488 e. The fourth-order valence-electron chi connectivity index (χ4n) is 2.46. The van der Waals surface area contributed by atoms with Gasteiger partial charge < -0.3 is 14.2 Å². The summed E-state index contributed by atoms with van der Waals surface area (Å²) in [5, 5.41) is 0. The van der Waals surface area contributed by atoms with E-state index in [1.54, 1.807) is 20.8 Å². The Kier molecular flexibility index (Phi) is 5.13. The third-order valence-corrected chi connectivity index (χ3v) is 3.41. The number of hydrogen-bond acceptors (Lipinski definition) is 5. The number of esters is 1. The summed E-state index contributed by atoms with van der Waals surface area (Å²) in [6.07, 6.45) is -0.443. The average molecular weight is 321 g/mol. The van der Waals surface area contributed by atoms with Crippen LogP contribution < -0.4 is 4.74 Å². The highest BCUT2D eigenvalue weighted by molar-refractivity contribution is 5.82. The molecule has 2 rings (SSSR count). The Hall–Kier alpha value is -2.24. The highest BCUT2D eigenvalue weighted by Crippen LogP contribution is 2.25. The van der Waals surface area contributed by atoms with E-state index in [-0.39, 0.29) is 12.6 Å². The summed E-state index contributed by atoms with van der Waals surface area (Å²) < 4.78 is 16.0. The molecule has 2 unspecified atom stereocenters. The largest absolute Gasteiger partial charge is 0.488 e. The van der Waals surface area contributed by atoms with E-state index in [1.165, 1.54) is 12.0 Å². The van der Waals surface area contributed by atoms with Gasteiger partial charge in [0.1, 0.15) is 23.5 Å². The first-order chi connectivity index (χ1) is 10.8. The van der Waals surface area contributed by atoms with Gasteiger partial charge in [-0.1, -0.05) is 18.2 Å². The molecule has 1 aromatic rings. The monoisotopic (exact) mass is 321 g/mol. The van der Waals surface area contributed by atoms with Crippen LogP contribution in [0.25, 0.3) is 0 Å². The molecule has 126 valence electrons. The van der Waals surface area contributed by atoms with Gasteiger partial charge in [-0.3, -0.25) is 4.90 Å². The quantitative estimate of drug-likeness (QED) is 0.801. The second-order valence-electron chi connectivity index (χ2n) is 6.46. The lowest BCUT2D eigenvalue weighted by atomic mass is 10.2. The molecule has 0 aliphatic carbocycles. The molecule has 2 atom stereocenters. The molecule has 0 saturated carbocycles. The number of carbonyl (C=O) groups is 2. The zero-order chi connectivity index (χ0) is 17.0. The van der Waals surface area contributed by atoms with Gasteiger partial charge in [0.05, 0.1) is 13.7 Å². The summed E-state index contributed by atoms with van der Waals surface area (Å²) >= 11 is 0. The van der Waals surface area contributed by atoms with Gasteiger partial charge in [-0.2, -0.15) is 0 Å². The van der Waals surface area contributed by atoms with Crippen LogP contribution in [0.1, 0.15) is 27.2 Å². The molecule has 6 nitrogen and oxygen atoms in total. The first kappa shape index (κ1) is 17.1. The molecule has 0 bridgehead atoms. The van der Waals surface area contributed by atoms with Gasteiger partial charge in [0, 0.05) is 6.42 Å². The van der Waals surface area contributed by atoms with Gasteiger partial charge in [0.2, 0.25) is 0 Å². The number of para-hydroxylation sites is 1. The number of ether oxygens (including phenoxy) is 3. The number of amides is 1. The third-order valence-electron chi connectivity index (χ3n) is 3.41. The van der Waals surface area contributed by atoms with Crippen LogP contribution in [-0.2, 0) is 14.3 Å². The van der Waals surface area contributed by atoms with Crippen LogP contribution in [0.3, 0.4) is 0 Å². The van der Waals surface area contributed by atoms with E-state index in [9.17, 15) is 9.59 Å². The smallest absolute Gasteiger partial charge is 0.411 e. The van der Waals surface area contributed by atoms with Gasteiger partial charge in [0.15, 0.2) is 0 Å². The minimum absolute atomic E-state index is 0.281. The molecule has 0 N–H and O–H groups in total. The summed E-state index contributed by atoms with van der Waals surface area (Å²) in [7, 11) is 1.31. The van der Waals surface area contributed by atoms with Crippen LogP contribution in [0, 0.1) is 0 Å². The maximum absolute atomic E-state index is 12.3. The number of rotatable bonds is 3. The Labute approximate surface area is 136 Å². The minimum atomic E-state index is -0.691. The number of nitrogens with zero attached hydrogens (tertiary/aromatic N) is 1. The summed E-state index contributed by atoms with van der Waals surface area (Å²) in [6, 6.07) is 8.61. The van der Waals surface area contributed by atoms with E-state index in [4.69, 9.17) is 14.2 Å². The number of likely N-dealkylation sites (tertiary alicyclic amines) is 1. The van der Waals surface area contributed by atoms with Crippen LogP contribution in [0.2, 0.25) is 0 Å². The van der Waals surface area contributed by atoms with Crippen molar-refractivity contribution in [2.24, 2.45) is 0 Å². The number of hydrogen-bond donors (Lipinski definition) is 0. The number of carbonyl (C=O) groups excluding carboxylic acids is 2. The van der Waals surface area contributed by atoms with Crippen molar-refractivity contribution in [1.82, 2.24) is 4.90 Å². The van der Waals surface area contributed by atoms with Crippen molar-refractivity contribution in [3.05, 3.63) is 30.3 Å². The molecule has 1 aliphatic heterocycles. The molecule has 1 saturated heterocycles. The first-order valence-corrected chi connectivity index (χ1v) is 7.59. The first-order valence-electron chi connectivity index (χ1n) is 7.59. The van der Waals surface area contributed by atoms with Crippen LogP contribution in [-0.4, -0.2) is 48.4 Å². The van der Waals surface area contributed by atoms with E-state index >= 15 is 0 Å². The Morgan fingerprint density at radius 2 is 1.83 bits per heavy atom. The van der Waals surface area contributed by atoms with Crippen molar-refractivity contribution in [2.45, 2.75) is 44.9 Å². The molecular formula is C17H23NO5. The summed E-state index contributed by atoms with van der Waals surface area (Å²) in [4.78, 5) is 25.7. The standard InChI is InChI=1S/C17H23NO5/c1-17(2,3)23-16(20)18-11-13(10-14(18)15(19)21-4)22-12-8-6-5-7-9-12/h5-9,13-14H,10-11H2,1-4H3. The van der Waals surface area contributed by atoms with Gasteiger partial charge in [0.25, 0.3) is 0 Å². The maximum atomic E-state index is 12.3. The maximum Gasteiger partial charge on any atom is 0.411 e. The molecule has 0 radical (unpaired) electrons. The third kappa shape index (κ3) is 4.61. The zero-order valence-corrected chi connectivity index (χ0v) is 13.9. The van der Waals surface area contributed by atoms with E-state index in [0.29, 0.717) is 12.2 Å². The second kappa shape index (κ2) is 6.89. The Morgan fingerprint density at radius 3 is 2.39 bits per heavy atom. The highest BCUT2D eigenvalue weighted by atomic mass is 16.6. The van der Waals surface area contributed by atoms with Crippen molar-refractivity contribution in [3.63, 3.8) is 0 Å². The van der Waals surface area contributed by atoms with Gasteiger partial charge in [-0.25, -0.2) is 9.59 Å². The topological polar surface area (TPSA) is 65.1 Å². The highest BCUT2D eigenvalue weighted by Gasteiger charge is 2.43. The van der Waals surface area contributed by atoms with E-state index in [2.05, 4.69) is 0 Å². The number of methoxy groups -OCH3 is 1. The molecule has 6 heteroatoms. The van der Waals surface area contributed by atoms with Crippen molar-refractivity contribution in [2.75, 3.05) is 13.7 Å². The van der Waals surface area contributed by atoms with Crippen LogP contribution >= 0.6 is 0 Å². The lowest BCUT2D eigenvalue weighted by Gasteiger charge is -2.27. The molecular weight excluding hydrogens is 298 g/mol. The lowest BCUT2D eigenvalue weighted by molar-refractivity contribution is -0.145. The lowest BCUT2D eigenvalue weighted by Crippen LogP contribution is -2.44. The second-order valence-corrected chi connectivity index (χ2v) is 6.46. The van der Waals surface area contributed by atoms with E-state index in [0.717, 1.165) is 0 Å². The van der Waals surface area contributed by atoms with Crippen LogP contribution in [0.5, 0.6) is 5.75 Å². The van der Waals surface area contributed by atoms with Crippen molar-refractivity contribution < 1.29 is 23.8 Å².